The molecule has 2 N–H and O–H groups in total. The van der Waals surface area contributed by atoms with Gasteiger partial charge in [-0.05, 0) is 32.6 Å². The van der Waals surface area contributed by atoms with Gasteiger partial charge >= 0.3 is 6.03 Å². The molecule has 26 heavy (non-hydrogen) atoms. The van der Waals surface area contributed by atoms with E-state index in [2.05, 4.69) is 10.3 Å². The lowest BCUT2D eigenvalue weighted by Gasteiger charge is -2.34. The van der Waals surface area contributed by atoms with Crippen LogP contribution in [-0.4, -0.2) is 67.5 Å². The van der Waals surface area contributed by atoms with E-state index >= 15 is 0 Å². The Hall–Kier alpha value is -2.42. The van der Waals surface area contributed by atoms with Gasteiger partial charge in [-0.3, -0.25) is 14.5 Å². The number of hydrogen-bond donors (Lipinski definition) is 2. The fraction of sp³-hybridized carbons (Fsp3) is 0.647. The Morgan fingerprint density at radius 2 is 2.04 bits per heavy atom. The molecular formula is C17H25N5O4. The number of rotatable bonds is 4. The zero-order valence-electron chi connectivity index (χ0n) is 15.3. The van der Waals surface area contributed by atoms with E-state index < -0.39 is 23.6 Å². The van der Waals surface area contributed by atoms with E-state index in [-0.39, 0.29) is 18.4 Å². The number of likely N-dealkylation sites (tertiary alicyclic amines) is 1. The monoisotopic (exact) mass is 363 g/mol. The smallest absolute Gasteiger partial charge is 0.325 e. The van der Waals surface area contributed by atoms with E-state index in [9.17, 15) is 19.5 Å². The maximum absolute atomic E-state index is 12.5. The highest BCUT2D eigenvalue weighted by atomic mass is 16.3. The van der Waals surface area contributed by atoms with Crippen LogP contribution in [0.2, 0.25) is 0 Å². The minimum Gasteiger partial charge on any atom is -0.385 e. The summed E-state index contributed by atoms with van der Waals surface area (Å²) in [6, 6.07) is -0.534. The lowest BCUT2D eigenvalue weighted by Crippen LogP contribution is -2.47. The Bertz CT molecular complexity index is 720. The number of aryl methyl sites for hydroxylation is 1. The number of nitrogens with zero attached hydrogens (tertiary/aromatic N) is 4. The normalized spacial score (nSPS) is 21.8. The quantitative estimate of drug-likeness (QED) is 0.734. The van der Waals surface area contributed by atoms with Crippen molar-refractivity contribution in [2.45, 2.75) is 38.3 Å². The van der Waals surface area contributed by atoms with Crippen LogP contribution in [0.5, 0.6) is 0 Å². The molecule has 9 heteroatoms. The first-order valence-corrected chi connectivity index (χ1v) is 8.78. The van der Waals surface area contributed by atoms with Crippen molar-refractivity contribution in [3.63, 3.8) is 0 Å². The second kappa shape index (κ2) is 6.71. The summed E-state index contributed by atoms with van der Waals surface area (Å²) in [4.78, 5) is 43.4. The molecule has 3 heterocycles. The van der Waals surface area contributed by atoms with Crippen LogP contribution in [0.1, 0.15) is 38.6 Å². The SMILES string of the molecule is Cn1ccnc1[C@@H](O)C1CCN(C(=O)CN2C(=O)NC(C)(C)C2=O)CC1. The van der Waals surface area contributed by atoms with Crippen LogP contribution in [0.4, 0.5) is 4.79 Å². The maximum Gasteiger partial charge on any atom is 0.325 e. The van der Waals surface area contributed by atoms with Gasteiger partial charge in [-0.2, -0.15) is 0 Å². The van der Waals surface area contributed by atoms with Crippen LogP contribution in [0.3, 0.4) is 0 Å². The average molecular weight is 363 g/mol. The van der Waals surface area contributed by atoms with Crippen molar-refractivity contribution in [2.75, 3.05) is 19.6 Å². The Morgan fingerprint density at radius 3 is 2.54 bits per heavy atom. The molecule has 1 atom stereocenters. The second-order valence-corrected chi connectivity index (χ2v) is 7.51. The van der Waals surface area contributed by atoms with E-state index in [1.807, 2.05) is 7.05 Å². The summed E-state index contributed by atoms with van der Waals surface area (Å²) in [6.07, 6.45) is 4.06. The van der Waals surface area contributed by atoms with Crippen molar-refractivity contribution in [3.05, 3.63) is 18.2 Å². The second-order valence-electron chi connectivity index (χ2n) is 7.51. The molecule has 0 saturated carbocycles. The number of aliphatic hydroxyl groups is 1. The molecule has 4 amide bonds. The molecule has 1 aromatic rings. The zero-order valence-corrected chi connectivity index (χ0v) is 15.3. The molecule has 0 aromatic carbocycles. The van der Waals surface area contributed by atoms with Gasteiger partial charge < -0.3 is 19.9 Å². The lowest BCUT2D eigenvalue weighted by atomic mass is 9.90. The molecular weight excluding hydrogens is 338 g/mol. The van der Waals surface area contributed by atoms with Gasteiger partial charge in [0.1, 0.15) is 24.0 Å². The summed E-state index contributed by atoms with van der Waals surface area (Å²) in [6.45, 7) is 3.95. The van der Waals surface area contributed by atoms with Crippen LogP contribution >= 0.6 is 0 Å². The molecule has 0 bridgehead atoms. The van der Waals surface area contributed by atoms with Gasteiger partial charge in [0.05, 0.1) is 0 Å². The zero-order chi connectivity index (χ0) is 19.1. The Labute approximate surface area is 152 Å². The molecule has 2 aliphatic heterocycles. The van der Waals surface area contributed by atoms with Crippen LogP contribution < -0.4 is 5.32 Å². The summed E-state index contributed by atoms with van der Waals surface area (Å²) < 4.78 is 1.79. The van der Waals surface area contributed by atoms with E-state index in [1.54, 1.807) is 35.7 Å². The molecule has 0 spiro atoms. The molecule has 1 aromatic heterocycles. The third kappa shape index (κ3) is 3.31. The van der Waals surface area contributed by atoms with Crippen LogP contribution in [0.15, 0.2) is 12.4 Å². The highest BCUT2D eigenvalue weighted by Crippen LogP contribution is 2.30. The summed E-state index contributed by atoms with van der Waals surface area (Å²) in [5.74, 6) is -0.000727. The topological polar surface area (TPSA) is 108 Å². The third-order valence-corrected chi connectivity index (χ3v) is 5.20. The van der Waals surface area contributed by atoms with Crippen LogP contribution in [-0.2, 0) is 16.6 Å². The van der Waals surface area contributed by atoms with Crippen molar-refractivity contribution >= 4 is 17.8 Å². The molecule has 9 nitrogen and oxygen atoms in total. The number of carbonyl (C=O) groups is 3. The largest absolute Gasteiger partial charge is 0.385 e. The number of carbonyl (C=O) groups excluding carboxylic acids is 3. The number of hydrogen-bond acceptors (Lipinski definition) is 5. The average Bonchev–Trinajstić information content (AvgIpc) is 3.10. The van der Waals surface area contributed by atoms with E-state index in [4.69, 9.17) is 0 Å². The van der Waals surface area contributed by atoms with Gasteiger partial charge in [0, 0.05) is 32.5 Å². The molecule has 0 aliphatic carbocycles. The number of imidazole rings is 1. The van der Waals surface area contributed by atoms with Crippen molar-refractivity contribution in [3.8, 4) is 0 Å². The first-order valence-electron chi connectivity index (χ1n) is 8.78. The Morgan fingerprint density at radius 1 is 1.38 bits per heavy atom. The van der Waals surface area contributed by atoms with Crippen molar-refractivity contribution < 1.29 is 19.5 Å². The molecule has 3 rings (SSSR count). The standard InChI is InChI=1S/C17H25N5O4/c1-17(2)15(25)22(16(26)19-17)10-12(23)21-7-4-11(5-8-21)13(24)14-18-6-9-20(14)3/h6,9,11,13,24H,4-5,7-8,10H2,1-3H3,(H,19,26)/t13-/m0/s1. The minimum absolute atomic E-state index is 0.0239. The number of urea groups is 1. The lowest BCUT2D eigenvalue weighted by molar-refractivity contribution is -0.139. The number of amides is 4. The minimum atomic E-state index is -0.976. The first-order chi connectivity index (χ1) is 12.2. The third-order valence-electron chi connectivity index (χ3n) is 5.20. The number of aliphatic hydroxyl groups excluding tert-OH is 1. The summed E-state index contributed by atoms with van der Waals surface area (Å²) in [5, 5.41) is 13.1. The van der Waals surface area contributed by atoms with Gasteiger partial charge in [0.15, 0.2) is 0 Å². The van der Waals surface area contributed by atoms with Crippen molar-refractivity contribution in [1.29, 1.82) is 0 Å². The maximum atomic E-state index is 12.5. The van der Waals surface area contributed by atoms with Gasteiger partial charge in [-0.25, -0.2) is 9.78 Å². The molecule has 2 aliphatic rings. The van der Waals surface area contributed by atoms with E-state index in [0.29, 0.717) is 31.8 Å². The fourth-order valence-electron chi connectivity index (χ4n) is 3.53. The molecule has 142 valence electrons. The Balaban J connectivity index is 1.55. The number of piperidine rings is 1. The number of aromatic nitrogens is 2. The van der Waals surface area contributed by atoms with Gasteiger partial charge in [0.25, 0.3) is 5.91 Å². The van der Waals surface area contributed by atoms with Crippen LogP contribution in [0, 0.1) is 5.92 Å². The van der Waals surface area contributed by atoms with Crippen molar-refractivity contribution in [1.82, 2.24) is 24.7 Å². The predicted molar refractivity (Wildman–Crippen MR) is 91.8 cm³/mol. The summed E-state index contributed by atoms with van der Waals surface area (Å²) in [5.41, 5.74) is -0.976. The first kappa shape index (κ1) is 18.4. The van der Waals surface area contributed by atoms with Gasteiger partial charge in [-0.1, -0.05) is 0 Å². The summed E-state index contributed by atoms with van der Waals surface area (Å²) >= 11 is 0. The number of imide groups is 1. The molecule has 0 radical (unpaired) electrons. The van der Waals surface area contributed by atoms with E-state index in [0.717, 1.165) is 4.90 Å². The highest BCUT2D eigenvalue weighted by Gasteiger charge is 2.45. The fourth-order valence-corrected chi connectivity index (χ4v) is 3.53. The van der Waals surface area contributed by atoms with E-state index in [1.165, 1.54) is 0 Å². The summed E-state index contributed by atoms with van der Waals surface area (Å²) in [7, 11) is 1.84. The molecule has 2 saturated heterocycles. The van der Waals surface area contributed by atoms with Gasteiger partial charge in [-0.15, -0.1) is 0 Å². The predicted octanol–water partition coefficient (Wildman–Crippen LogP) is 0.0225. The molecule has 2 fully saturated rings. The highest BCUT2D eigenvalue weighted by molar-refractivity contribution is 6.08. The van der Waals surface area contributed by atoms with Crippen LogP contribution in [0.25, 0.3) is 0 Å². The van der Waals surface area contributed by atoms with Gasteiger partial charge in [0.2, 0.25) is 5.91 Å². The number of nitrogens with one attached hydrogen (secondary N) is 1. The molecule has 0 unspecified atom stereocenters. The Kier molecular flexibility index (Phi) is 4.74. The van der Waals surface area contributed by atoms with Crippen molar-refractivity contribution in [2.24, 2.45) is 13.0 Å².